The van der Waals surface area contributed by atoms with E-state index in [-0.39, 0.29) is 0 Å². The lowest BCUT2D eigenvalue weighted by molar-refractivity contribution is 0.263. The van der Waals surface area contributed by atoms with Gasteiger partial charge in [-0.15, -0.1) is 0 Å². The predicted octanol–water partition coefficient (Wildman–Crippen LogP) is 2.66. The average molecular weight is 284 g/mol. The Kier molecular flexibility index (Phi) is 3.82. The maximum absolute atomic E-state index is 4.42. The van der Waals surface area contributed by atoms with Crippen LogP contribution in [0.1, 0.15) is 18.4 Å². The second-order valence-electron chi connectivity index (χ2n) is 4.56. The largest absolute Gasteiger partial charge is 0.366 e. The Balaban J connectivity index is 1.98. The van der Waals surface area contributed by atoms with Gasteiger partial charge in [0.1, 0.15) is 5.82 Å². The van der Waals surface area contributed by atoms with Crippen molar-refractivity contribution in [2.24, 2.45) is 0 Å². The standard InChI is InChI=1S/C12H18BrN3/c1-9-7-11(13)12(14-8-9)15-10-3-5-16(2)6-4-10/h7-8,10H,3-6H2,1-2H3,(H,14,15). The van der Waals surface area contributed by atoms with Gasteiger partial charge in [-0.1, -0.05) is 0 Å². The van der Waals surface area contributed by atoms with Crippen LogP contribution >= 0.6 is 15.9 Å². The number of anilines is 1. The van der Waals surface area contributed by atoms with E-state index in [1.54, 1.807) is 0 Å². The molecule has 0 saturated carbocycles. The summed E-state index contributed by atoms with van der Waals surface area (Å²) in [5, 5.41) is 3.51. The number of hydrogen-bond acceptors (Lipinski definition) is 3. The first-order chi connectivity index (χ1) is 7.65. The molecule has 1 aliphatic heterocycles. The third-order valence-electron chi connectivity index (χ3n) is 3.04. The molecule has 3 nitrogen and oxygen atoms in total. The van der Waals surface area contributed by atoms with Crippen LogP contribution in [-0.2, 0) is 0 Å². The van der Waals surface area contributed by atoms with Crippen molar-refractivity contribution in [1.29, 1.82) is 0 Å². The van der Waals surface area contributed by atoms with Gasteiger partial charge in [-0.2, -0.15) is 0 Å². The number of nitrogens with one attached hydrogen (secondary N) is 1. The summed E-state index contributed by atoms with van der Waals surface area (Å²) in [7, 11) is 2.18. The first-order valence-electron chi connectivity index (χ1n) is 5.72. The fraction of sp³-hybridized carbons (Fsp3) is 0.583. The van der Waals surface area contributed by atoms with Crippen molar-refractivity contribution >= 4 is 21.7 Å². The van der Waals surface area contributed by atoms with Crippen molar-refractivity contribution in [3.63, 3.8) is 0 Å². The van der Waals surface area contributed by atoms with Crippen LogP contribution in [0.2, 0.25) is 0 Å². The highest BCUT2D eigenvalue weighted by atomic mass is 79.9. The zero-order valence-electron chi connectivity index (χ0n) is 9.83. The predicted molar refractivity (Wildman–Crippen MR) is 70.8 cm³/mol. The summed E-state index contributed by atoms with van der Waals surface area (Å²) in [6.45, 7) is 4.39. The Labute approximate surface area is 105 Å². The molecule has 1 aliphatic rings. The highest BCUT2D eigenvalue weighted by Crippen LogP contribution is 2.23. The Morgan fingerprint density at radius 2 is 2.12 bits per heavy atom. The van der Waals surface area contributed by atoms with Gasteiger partial charge in [0.15, 0.2) is 0 Å². The number of aryl methyl sites for hydroxylation is 1. The minimum absolute atomic E-state index is 0.558. The summed E-state index contributed by atoms with van der Waals surface area (Å²) in [5.41, 5.74) is 1.18. The molecule has 0 unspecified atom stereocenters. The zero-order valence-corrected chi connectivity index (χ0v) is 11.4. The third kappa shape index (κ3) is 2.95. The molecule has 1 saturated heterocycles. The van der Waals surface area contributed by atoms with Crippen LogP contribution in [-0.4, -0.2) is 36.1 Å². The molecule has 88 valence electrons. The summed E-state index contributed by atoms with van der Waals surface area (Å²) in [4.78, 5) is 6.79. The van der Waals surface area contributed by atoms with Gasteiger partial charge in [0.25, 0.3) is 0 Å². The molecule has 2 rings (SSSR count). The van der Waals surface area contributed by atoms with Crippen molar-refractivity contribution in [1.82, 2.24) is 9.88 Å². The van der Waals surface area contributed by atoms with Crippen LogP contribution in [0.5, 0.6) is 0 Å². The molecule has 1 N–H and O–H groups in total. The molecular weight excluding hydrogens is 266 g/mol. The second-order valence-corrected chi connectivity index (χ2v) is 5.42. The third-order valence-corrected chi connectivity index (χ3v) is 3.64. The molecule has 4 heteroatoms. The van der Waals surface area contributed by atoms with Crippen molar-refractivity contribution in [2.45, 2.75) is 25.8 Å². The van der Waals surface area contributed by atoms with Crippen LogP contribution in [0.25, 0.3) is 0 Å². The smallest absolute Gasteiger partial charge is 0.140 e. The molecule has 0 atom stereocenters. The molecule has 16 heavy (non-hydrogen) atoms. The van der Waals surface area contributed by atoms with Crippen LogP contribution in [0.4, 0.5) is 5.82 Å². The van der Waals surface area contributed by atoms with E-state index in [9.17, 15) is 0 Å². The van der Waals surface area contributed by atoms with Crippen molar-refractivity contribution in [3.8, 4) is 0 Å². The van der Waals surface area contributed by atoms with Gasteiger partial charge >= 0.3 is 0 Å². The number of rotatable bonds is 2. The molecule has 2 heterocycles. The summed E-state index contributed by atoms with van der Waals surface area (Å²) in [6.07, 6.45) is 4.29. The maximum Gasteiger partial charge on any atom is 0.140 e. The zero-order chi connectivity index (χ0) is 11.5. The summed E-state index contributed by atoms with van der Waals surface area (Å²) >= 11 is 3.55. The number of halogens is 1. The molecule has 1 aromatic heterocycles. The lowest BCUT2D eigenvalue weighted by Crippen LogP contribution is -2.36. The number of hydrogen-bond donors (Lipinski definition) is 1. The van der Waals surface area contributed by atoms with Gasteiger partial charge in [0.2, 0.25) is 0 Å². The number of likely N-dealkylation sites (tertiary alicyclic amines) is 1. The highest BCUT2D eigenvalue weighted by molar-refractivity contribution is 9.10. The first kappa shape index (κ1) is 11.9. The molecule has 1 fully saturated rings. The first-order valence-corrected chi connectivity index (χ1v) is 6.51. The van der Waals surface area contributed by atoms with E-state index in [1.165, 1.54) is 31.5 Å². The Bertz CT molecular complexity index is 359. The fourth-order valence-corrected chi connectivity index (χ4v) is 2.56. The lowest BCUT2D eigenvalue weighted by atomic mass is 10.1. The van der Waals surface area contributed by atoms with Crippen molar-refractivity contribution in [3.05, 3.63) is 22.3 Å². The quantitative estimate of drug-likeness (QED) is 0.905. The van der Waals surface area contributed by atoms with E-state index in [1.807, 2.05) is 6.20 Å². The molecular formula is C12H18BrN3. The van der Waals surface area contributed by atoms with E-state index in [0.717, 1.165) is 10.3 Å². The Hall–Kier alpha value is -0.610. The topological polar surface area (TPSA) is 28.2 Å². The van der Waals surface area contributed by atoms with Gasteiger partial charge in [0, 0.05) is 12.2 Å². The number of piperidine rings is 1. The molecule has 0 aliphatic carbocycles. The van der Waals surface area contributed by atoms with Gasteiger partial charge in [-0.3, -0.25) is 0 Å². The average Bonchev–Trinajstić information content (AvgIpc) is 2.25. The van der Waals surface area contributed by atoms with E-state index in [4.69, 9.17) is 0 Å². The molecule has 0 aromatic carbocycles. The minimum Gasteiger partial charge on any atom is -0.366 e. The van der Waals surface area contributed by atoms with Gasteiger partial charge in [-0.25, -0.2) is 4.98 Å². The molecule has 0 amide bonds. The summed E-state index contributed by atoms with van der Waals surface area (Å²) < 4.78 is 1.06. The second kappa shape index (κ2) is 5.15. The van der Waals surface area contributed by atoms with Crippen molar-refractivity contribution in [2.75, 3.05) is 25.5 Å². The summed E-state index contributed by atoms with van der Waals surface area (Å²) in [5.74, 6) is 0.972. The number of nitrogens with zero attached hydrogens (tertiary/aromatic N) is 2. The van der Waals surface area contributed by atoms with Crippen molar-refractivity contribution < 1.29 is 0 Å². The summed E-state index contributed by atoms with van der Waals surface area (Å²) in [6, 6.07) is 2.66. The number of aromatic nitrogens is 1. The molecule has 1 aromatic rings. The highest BCUT2D eigenvalue weighted by Gasteiger charge is 2.17. The Morgan fingerprint density at radius 1 is 1.44 bits per heavy atom. The van der Waals surface area contributed by atoms with Crippen LogP contribution < -0.4 is 5.32 Å². The van der Waals surface area contributed by atoms with E-state index >= 15 is 0 Å². The molecule has 0 spiro atoms. The van der Waals surface area contributed by atoms with Gasteiger partial charge in [0.05, 0.1) is 4.47 Å². The van der Waals surface area contributed by atoms with E-state index in [0.29, 0.717) is 6.04 Å². The monoisotopic (exact) mass is 283 g/mol. The SMILES string of the molecule is Cc1cnc(NC2CCN(C)CC2)c(Br)c1. The molecule has 0 radical (unpaired) electrons. The van der Waals surface area contributed by atoms with E-state index in [2.05, 4.69) is 51.2 Å². The van der Waals surface area contributed by atoms with Gasteiger partial charge in [-0.05, 0) is 67.5 Å². The Morgan fingerprint density at radius 3 is 2.75 bits per heavy atom. The fourth-order valence-electron chi connectivity index (χ4n) is 1.99. The number of pyridine rings is 1. The molecule has 0 bridgehead atoms. The van der Waals surface area contributed by atoms with Gasteiger partial charge < -0.3 is 10.2 Å². The maximum atomic E-state index is 4.42. The van der Waals surface area contributed by atoms with Crippen LogP contribution in [0.15, 0.2) is 16.7 Å². The minimum atomic E-state index is 0.558. The van der Waals surface area contributed by atoms with E-state index < -0.39 is 0 Å². The van der Waals surface area contributed by atoms with Crippen LogP contribution in [0, 0.1) is 6.92 Å². The lowest BCUT2D eigenvalue weighted by Gasteiger charge is -2.30. The van der Waals surface area contributed by atoms with Crippen LogP contribution in [0.3, 0.4) is 0 Å². The normalized spacial score (nSPS) is 18.7.